The molecule has 0 bridgehead atoms. The molecule has 3 saturated heterocycles. The highest BCUT2D eigenvalue weighted by Crippen LogP contribution is 2.45. The van der Waals surface area contributed by atoms with Crippen LogP contribution in [-0.2, 0) is 14.8 Å². The van der Waals surface area contributed by atoms with E-state index in [9.17, 15) is 23.3 Å². The second-order valence-electron chi connectivity index (χ2n) is 15.3. The molecular weight excluding hydrogens is 770 g/mol. The summed E-state index contributed by atoms with van der Waals surface area (Å²) in [5.41, 5.74) is 2.74. The minimum Gasteiger partial charge on any atom is -0.455 e. The van der Waals surface area contributed by atoms with E-state index in [-0.39, 0.29) is 28.3 Å². The van der Waals surface area contributed by atoms with Crippen LogP contribution >= 0.6 is 11.6 Å². The first-order valence-electron chi connectivity index (χ1n) is 19.1. The van der Waals surface area contributed by atoms with Gasteiger partial charge in [-0.2, -0.15) is 0 Å². The average molecular weight is 814 g/mol. The number of nitrogens with one attached hydrogen (secondary N) is 3. The lowest BCUT2D eigenvalue weighted by atomic mass is 9.71. The lowest BCUT2D eigenvalue weighted by molar-refractivity contribution is -0.384. The number of nitro benzene ring substituents is 1. The smallest absolute Gasteiger partial charge is 0.293 e. The third kappa shape index (κ3) is 8.42. The predicted molar refractivity (Wildman–Crippen MR) is 218 cm³/mol. The summed E-state index contributed by atoms with van der Waals surface area (Å²) in [5.74, 6) is -0.168. The number of hydrogen-bond donors (Lipinski definition) is 3. The Morgan fingerprint density at radius 3 is 2.56 bits per heavy atom. The molecule has 3 aliphatic rings. The maximum absolute atomic E-state index is 13.8. The van der Waals surface area contributed by atoms with E-state index in [0.717, 1.165) is 74.0 Å². The Bertz CT molecular complexity index is 2390. The Kier molecular flexibility index (Phi) is 10.8. The zero-order valence-corrected chi connectivity index (χ0v) is 33.0. The van der Waals surface area contributed by atoms with Gasteiger partial charge in [-0.3, -0.25) is 19.8 Å². The van der Waals surface area contributed by atoms with Crippen molar-refractivity contribution in [3.8, 4) is 11.5 Å². The van der Waals surface area contributed by atoms with E-state index < -0.39 is 31.4 Å². The molecule has 3 aromatic carbocycles. The predicted octanol–water partition coefficient (Wildman–Crippen LogP) is 7.54. The van der Waals surface area contributed by atoms with Crippen molar-refractivity contribution < 1.29 is 27.6 Å². The van der Waals surface area contributed by atoms with Crippen LogP contribution in [0.4, 0.5) is 17.1 Å². The van der Waals surface area contributed by atoms with Crippen molar-refractivity contribution >= 4 is 55.6 Å². The van der Waals surface area contributed by atoms with Crippen molar-refractivity contribution in [2.75, 3.05) is 56.2 Å². The Morgan fingerprint density at radius 1 is 1.07 bits per heavy atom. The number of carbonyl (C=O) groups excluding carboxylic acids is 1. The van der Waals surface area contributed by atoms with Crippen molar-refractivity contribution in [2.45, 2.75) is 43.5 Å². The number of likely N-dealkylation sites (tertiary alicyclic amines) is 1. The molecule has 5 aromatic rings. The highest BCUT2D eigenvalue weighted by Gasteiger charge is 2.46. The summed E-state index contributed by atoms with van der Waals surface area (Å²) in [4.78, 5) is 37.0. The van der Waals surface area contributed by atoms with Crippen LogP contribution in [0, 0.1) is 21.4 Å². The van der Waals surface area contributed by atoms with E-state index in [4.69, 9.17) is 21.1 Å². The first kappa shape index (κ1) is 38.6. The molecule has 3 fully saturated rings. The van der Waals surface area contributed by atoms with Crippen LogP contribution in [-0.4, -0.2) is 80.1 Å². The number of rotatable bonds is 12. The minimum atomic E-state index is -4.54. The number of piperidine rings is 1. The number of H-pyrrole nitrogens is 1. The number of nitrogens with zero attached hydrogens (tertiary/aromatic N) is 4. The topological polar surface area (TPSA) is 172 Å². The first-order chi connectivity index (χ1) is 27.4. The van der Waals surface area contributed by atoms with E-state index in [1.165, 1.54) is 23.9 Å². The summed E-state index contributed by atoms with van der Waals surface area (Å²) in [6, 6.07) is 20.6. The third-order valence-electron chi connectivity index (χ3n) is 11.6. The zero-order valence-electron chi connectivity index (χ0n) is 31.4. The number of halogens is 1. The van der Waals surface area contributed by atoms with E-state index in [1.807, 2.05) is 18.2 Å². The number of aromatic nitrogens is 2. The van der Waals surface area contributed by atoms with Crippen LogP contribution in [0.2, 0.25) is 5.02 Å². The van der Waals surface area contributed by atoms with E-state index in [1.54, 1.807) is 30.5 Å². The number of hydrogen-bond acceptors (Lipinski definition) is 11. The Morgan fingerprint density at radius 2 is 1.82 bits per heavy atom. The Balaban J connectivity index is 0.988. The van der Waals surface area contributed by atoms with Gasteiger partial charge in [0.2, 0.25) is 0 Å². The van der Waals surface area contributed by atoms with Crippen LogP contribution in [0.25, 0.3) is 11.0 Å². The molecule has 8 rings (SSSR count). The summed E-state index contributed by atoms with van der Waals surface area (Å²) < 4.78 is 41.0. The molecule has 0 radical (unpaired) electrons. The molecule has 1 amide bonds. The molecule has 16 heteroatoms. The fourth-order valence-corrected chi connectivity index (χ4v) is 9.21. The molecule has 1 spiro atoms. The highest BCUT2D eigenvalue weighted by molar-refractivity contribution is 7.90. The normalized spacial score (nSPS) is 17.9. The number of carbonyl (C=O) groups is 1. The van der Waals surface area contributed by atoms with E-state index in [2.05, 4.69) is 48.9 Å². The fraction of sp³-hybridized carbons (Fsp3) is 0.366. The quantitative estimate of drug-likeness (QED) is 0.0840. The molecule has 1 unspecified atom stereocenters. The number of pyridine rings is 1. The maximum atomic E-state index is 13.8. The van der Waals surface area contributed by atoms with Crippen molar-refractivity contribution in [3.05, 3.63) is 111 Å². The van der Waals surface area contributed by atoms with Gasteiger partial charge in [0, 0.05) is 86.4 Å². The van der Waals surface area contributed by atoms with Crippen LogP contribution in [0.3, 0.4) is 0 Å². The molecule has 298 valence electrons. The van der Waals surface area contributed by atoms with Crippen LogP contribution < -0.4 is 19.7 Å². The fourth-order valence-electron chi connectivity index (χ4n) is 8.10. The molecule has 14 nitrogen and oxygen atoms in total. The van der Waals surface area contributed by atoms with Gasteiger partial charge in [0.25, 0.3) is 21.6 Å². The van der Waals surface area contributed by atoms with Crippen LogP contribution in [0.15, 0.2) is 90.1 Å². The van der Waals surface area contributed by atoms with Gasteiger partial charge in [-0.25, -0.2) is 18.1 Å². The van der Waals surface area contributed by atoms with Crippen LogP contribution in [0.1, 0.15) is 54.6 Å². The summed E-state index contributed by atoms with van der Waals surface area (Å²) in [6.45, 7) is 7.61. The number of aromatic amines is 1. The monoisotopic (exact) mass is 813 g/mol. The molecule has 2 aromatic heterocycles. The number of nitro groups is 1. The van der Waals surface area contributed by atoms with Gasteiger partial charge in [0.15, 0.2) is 0 Å². The van der Waals surface area contributed by atoms with Gasteiger partial charge in [-0.15, -0.1) is 0 Å². The Labute approximate surface area is 335 Å². The second kappa shape index (κ2) is 16.0. The number of sulfonamides is 1. The summed E-state index contributed by atoms with van der Waals surface area (Å²) in [6.07, 6.45) is 6.93. The third-order valence-corrected chi connectivity index (χ3v) is 13.2. The molecule has 3 N–H and O–H groups in total. The molecule has 0 saturated carbocycles. The molecule has 3 aliphatic heterocycles. The molecule has 57 heavy (non-hydrogen) atoms. The van der Waals surface area contributed by atoms with Gasteiger partial charge in [-0.05, 0) is 98.0 Å². The van der Waals surface area contributed by atoms with Crippen molar-refractivity contribution in [1.29, 1.82) is 0 Å². The largest absolute Gasteiger partial charge is 0.455 e. The molecule has 0 aliphatic carbocycles. The highest BCUT2D eigenvalue weighted by atomic mass is 35.5. The summed E-state index contributed by atoms with van der Waals surface area (Å²) >= 11 is 6.11. The number of ether oxygens (including phenoxy) is 2. The molecule has 5 heterocycles. The molecular formula is C41H44ClN7O7S. The van der Waals surface area contributed by atoms with E-state index in [0.29, 0.717) is 37.2 Å². The SMILES string of the molecule is CC(c1ccc(Cl)cc1)N1CC2(CCN(c3ccc(C(=O)NS(=O)(=O)c4ccc(NCC5CCOCC5)c([N+](=O)[O-])c4)c(Oc4cnc5[nH]ccc5c4)c3)CC2)C1. The maximum Gasteiger partial charge on any atom is 0.293 e. The van der Waals surface area contributed by atoms with Gasteiger partial charge in [-0.1, -0.05) is 23.7 Å². The van der Waals surface area contributed by atoms with Gasteiger partial charge >= 0.3 is 0 Å². The number of anilines is 2. The molecule has 1 atom stereocenters. The van der Waals surface area contributed by atoms with E-state index >= 15 is 0 Å². The first-order valence-corrected chi connectivity index (χ1v) is 21.0. The average Bonchev–Trinajstić information content (AvgIpc) is 3.67. The van der Waals surface area contributed by atoms with Gasteiger partial charge < -0.3 is 24.7 Å². The Hall–Kier alpha value is -5.22. The summed E-state index contributed by atoms with van der Waals surface area (Å²) in [7, 11) is -4.54. The lowest BCUT2D eigenvalue weighted by Gasteiger charge is -2.56. The summed E-state index contributed by atoms with van der Waals surface area (Å²) in [5, 5.41) is 16.7. The van der Waals surface area contributed by atoms with Crippen molar-refractivity contribution in [3.63, 3.8) is 0 Å². The zero-order chi connectivity index (χ0) is 39.7. The van der Waals surface area contributed by atoms with Gasteiger partial charge in [0.05, 0.1) is 21.6 Å². The number of fused-ring (bicyclic) bond motifs is 1. The number of amides is 1. The minimum absolute atomic E-state index is 0.0277. The number of benzene rings is 3. The second-order valence-corrected chi connectivity index (χ2v) is 17.4. The van der Waals surface area contributed by atoms with Gasteiger partial charge in [0.1, 0.15) is 22.8 Å². The standard InChI is InChI=1S/C41H44ClN7O7S/c1-27(29-2-4-31(42)5-3-29)48-25-41(26-48)13-16-47(17-14-41)32-6-8-35(38(21-32)56-33-20-30-10-15-43-39(30)45-24-33)40(50)46-57(53,54)34-7-9-36(37(22-34)49(51)52)44-23-28-11-18-55-19-12-28/h2-10,15,20-22,24,27-28,44H,11-14,16-19,23,25-26H2,1H3,(H,43,45)(H,46,50). The van der Waals surface area contributed by atoms with Crippen LogP contribution in [0.5, 0.6) is 11.5 Å². The van der Waals surface area contributed by atoms with Crippen molar-refractivity contribution in [2.24, 2.45) is 11.3 Å². The lowest BCUT2D eigenvalue weighted by Crippen LogP contribution is -2.60. The van der Waals surface area contributed by atoms with Crippen molar-refractivity contribution in [1.82, 2.24) is 19.6 Å².